The molecule has 1 N–H and O–H groups in total. The summed E-state index contributed by atoms with van der Waals surface area (Å²) in [5.41, 5.74) is 1.59. The number of amides is 1. The molecule has 2 aromatic heterocycles. The van der Waals surface area contributed by atoms with E-state index in [4.69, 9.17) is 4.74 Å². The molecule has 0 radical (unpaired) electrons. The molecule has 1 amide bonds. The molecule has 7 nitrogen and oxygen atoms in total. The molecule has 4 rings (SSSR count). The maximum Gasteiger partial charge on any atom is 0.274 e. The molecule has 0 saturated carbocycles. The fourth-order valence-corrected chi connectivity index (χ4v) is 4.29. The van der Waals surface area contributed by atoms with Crippen molar-refractivity contribution in [3.05, 3.63) is 46.3 Å². The van der Waals surface area contributed by atoms with Crippen LogP contribution in [0.3, 0.4) is 0 Å². The highest BCUT2D eigenvalue weighted by Gasteiger charge is 2.30. The summed E-state index contributed by atoms with van der Waals surface area (Å²) >= 11 is 1.41. The van der Waals surface area contributed by atoms with E-state index < -0.39 is 0 Å². The van der Waals surface area contributed by atoms with Gasteiger partial charge in [0.1, 0.15) is 10.5 Å². The summed E-state index contributed by atoms with van der Waals surface area (Å²) in [5, 5.41) is 3.99. The zero-order chi connectivity index (χ0) is 20.5. The van der Waals surface area contributed by atoms with Gasteiger partial charge in [0.05, 0.1) is 17.2 Å². The average molecular weight is 415 g/mol. The van der Waals surface area contributed by atoms with Crippen LogP contribution in [0.1, 0.15) is 40.4 Å². The van der Waals surface area contributed by atoms with E-state index in [0.29, 0.717) is 35.1 Å². The lowest BCUT2D eigenvalue weighted by molar-refractivity contribution is 0.0721. The molecule has 29 heavy (non-hydrogen) atoms. The van der Waals surface area contributed by atoms with E-state index in [2.05, 4.69) is 20.3 Å². The summed E-state index contributed by atoms with van der Waals surface area (Å²) in [4.78, 5) is 28.4. The molecule has 1 fully saturated rings. The topological polar surface area (TPSA) is 80.2 Å². The van der Waals surface area contributed by atoms with Gasteiger partial charge in [0, 0.05) is 20.2 Å². The number of ether oxygens (including phenoxy) is 1. The summed E-state index contributed by atoms with van der Waals surface area (Å²) in [6, 6.07) is 6.11. The fourth-order valence-electron chi connectivity index (χ4n) is 3.45. The van der Waals surface area contributed by atoms with Crippen molar-refractivity contribution in [2.75, 3.05) is 25.5 Å². The van der Waals surface area contributed by atoms with E-state index in [1.807, 2.05) is 19.9 Å². The van der Waals surface area contributed by atoms with Crippen molar-refractivity contribution in [3.8, 4) is 0 Å². The molecule has 3 heterocycles. The number of nitrogens with zero attached hydrogens (tertiary/aromatic N) is 4. The number of hydrogen-bond donors (Lipinski definition) is 1. The molecule has 152 valence electrons. The average Bonchev–Trinajstić information content (AvgIpc) is 3.32. The van der Waals surface area contributed by atoms with Gasteiger partial charge < -0.3 is 15.0 Å². The lowest BCUT2D eigenvalue weighted by Crippen LogP contribution is -2.31. The van der Waals surface area contributed by atoms with E-state index in [1.165, 1.54) is 23.5 Å². The molecule has 0 aliphatic carbocycles. The number of carbonyl (C=O) groups excluding carboxylic acids is 1. The number of thiazole rings is 1. The number of fused-ring (bicyclic) bond motifs is 1. The van der Waals surface area contributed by atoms with Crippen LogP contribution in [0.5, 0.6) is 0 Å². The first-order valence-corrected chi connectivity index (χ1v) is 10.3. The molecule has 1 aliphatic rings. The largest absolute Gasteiger partial charge is 0.380 e. The second kappa shape index (κ2) is 8.00. The predicted octanol–water partition coefficient (Wildman–Crippen LogP) is 3.57. The molecular weight excluding hydrogens is 393 g/mol. The molecule has 3 aromatic rings. The lowest BCUT2D eigenvalue weighted by atomic mass is 10.1. The quantitative estimate of drug-likeness (QED) is 0.686. The molecule has 0 spiro atoms. The number of aryl methyl sites for hydroxylation is 1. The minimum absolute atomic E-state index is 0.0464. The summed E-state index contributed by atoms with van der Waals surface area (Å²) in [6.45, 7) is 4.93. The van der Waals surface area contributed by atoms with Gasteiger partial charge in [-0.3, -0.25) is 4.79 Å². The monoisotopic (exact) mass is 415 g/mol. The second-order valence-corrected chi connectivity index (χ2v) is 8.30. The predicted molar refractivity (Wildman–Crippen MR) is 110 cm³/mol. The first-order chi connectivity index (χ1) is 13.9. The van der Waals surface area contributed by atoms with E-state index in [1.54, 1.807) is 18.1 Å². The van der Waals surface area contributed by atoms with Crippen LogP contribution in [0.2, 0.25) is 0 Å². The van der Waals surface area contributed by atoms with Crippen LogP contribution in [0.25, 0.3) is 10.3 Å². The maximum atomic E-state index is 13.6. The van der Waals surface area contributed by atoms with Gasteiger partial charge in [-0.25, -0.2) is 14.4 Å². The first kappa shape index (κ1) is 19.7. The maximum absolute atomic E-state index is 13.6. The van der Waals surface area contributed by atoms with Gasteiger partial charge in [-0.1, -0.05) is 12.1 Å². The second-order valence-electron chi connectivity index (χ2n) is 7.10. The SMILES string of the molecule is CO[C@@H]1CCN(C(=O)c2nc(N[C@@H](C)c3cccc(F)c3)nc3nc(C)sc23)C1. The molecule has 0 bridgehead atoms. The van der Waals surface area contributed by atoms with Crippen LogP contribution < -0.4 is 5.32 Å². The number of carbonyl (C=O) groups is 1. The fraction of sp³-hybridized carbons (Fsp3) is 0.400. The summed E-state index contributed by atoms with van der Waals surface area (Å²) < 4.78 is 19.6. The Labute approximate surface area is 171 Å². The third-order valence-corrected chi connectivity index (χ3v) is 5.99. The Bertz CT molecular complexity index is 1060. The minimum atomic E-state index is -0.305. The van der Waals surface area contributed by atoms with Crippen LogP contribution in [0.4, 0.5) is 10.3 Å². The molecule has 0 unspecified atom stereocenters. The normalized spacial score (nSPS) is 17.7. The molecule has 1 aliphatic heterocycles. The number of halogens is 1. The van der Waals surface area contributed by atoms with E-state index >= 15 is 0 Å². The van der Waals surface area contributed by atoms with Crippen molar-refractivity contribution in [1.29, 1.82) is 0 Å². The number of methoxy groups -OCH3 is 1. The van der Waals surface area contributed by atoms with Gasteiger partial charge in [-0.2, -0.15) is 4.98 Å². The van der Waals surface area contributed by atoms with Gasteiger partial charge >= 0.3 is 0 Å². The summed E-state index contributed by atoms with van der Waals surface area (Å²) in [7, 11) is 1.66. The smallest absolute Gasteiger partial charge is 0.274 e. The highest BCUT2D eigenvalue weighted by atomic mass is 32.1. The highest BCUT2D eigenvalue weighted by molar-refractivity contribution is 7.18. The molecule has 9 heteroatoms. The number of anilines is 1. The molecule has 2 atom stereocenters. The Morgan fingerprint density at radius 1 is 1.38 bits per heavy atom. The van der Waals surface area contributed by atoms with E-state index in [0.717, 1.165) is 17.0 Å². The van der Waals surface area contributed by atoms with Gasteiger partial charge in [-0.05, 0) is 38.0 Å². The zero-order valence-corrected chi connectivity index (χ0v) is 17.3. The van der Waals surface area contributed by atoms with Crippen LogP contribution >= 0.6 is 11.3 Å². The van der Waals surface area contributed by atoms with Crippen molar-refractivity contribution >= 4 is 33.5 Å². The Kier molecular flexibility index (Phi) is 5.42. The number of likely N-dealkylation sites (tertiary alicyclic amines) is 1. The van der Waals surface area contributed by atoms with Crippen LogP contribution in [-0.4, -0.2) is 52.1 Å². The summed E-state index contributed by atoms with van der Waals surface area (Å²) in [6.07, 6.45) is 0.852. The third-order valence-electron chi connectivity index (χ3n) is 5.02. The van der Waals surface area contributed by atoms with Crippen molar-refractivity contribution in [2.24, 2.45) is 0 Å². The minimum Gasteiger partial charge on any atom is -0.380 e. The zero-order valence-electron chi connectivity index (χ0n) is 16.5. The van der Waals surface area contributed by atoms with Crippen molar-refractivity contribution in [2.45, 2.75) is 32.4 Å². The first-order valence-electron chi connectivity index (χ1n) is 9.44. The van der Waals surface area contributed by atoms with Gasteiger partial charge in [0.15, 0.2) is 11.3 Å². The van der Waals surface area contributed by atoms with Crippen molar-refractivity contribution in [3.63, 3.8) is 0 Å². The van der Waals surface area contributed by atoms with Crippen LogP contribution in [0, 0.1) is 12.7 Å². The Hall–Kier alpha value is -2.65. The molecule has 1 aromatic carbocycles. The highest BCUT2D eigenvalue weighted by Crippen LogP contribution is 2.28. The number of benzene rings is 1. The standard InChI is InChI=1S/C20H22FN5O2S/c1-11(13-5-4-6-14(21)9-13)22-20-24-16(17-18(25-20)23-12(2)29-17)19(27)26-8-7-15(10-26)28-3/h4-6,9,11,15H,7-8,10H2,1-3H3,(H,22,24,25)/t11-,15+/m0/s1. The Morgan fingerprint density at radius 3 is 2.93 bits per heavy atom. The van der Waals surface area contributed by atoms with Crippen molar-refractivity contribution < 1.29 is 13.9 Å². The van der Waals surface area contributed by atoms with Gasteiger partial charge in [0.2, 0.25) is 5.95 Å². The van der Waals surface area contributed by atoms with Gasteiger partial charge in [-0.15, -0.1) is 11.3 Å². The molecular formula is C20H22FN5O2S. The Morgan fingerprint density at radius 2 is 2.21 bits per heavy atom. The van der Waals surface area contributed by atoms with E-state index in [-0.39, 0.29) is 23.9 Å². The third kappa shape index (κ3) is 4.06. The number of hydrogen-bond acceptors (Lipinski definition) is 7. The molecule has 1 saturated heterocycles. The van der Waals surface area contributed by atoms with Crippen molar-refractivity contribution in [1.82, 2.24) is 19.9 Å². The van der Waals surface area contributed by atoms with Crippen LogP contribution in [-0.2, 0) is 4.74 Å². The number of nitrogens with one attached hydrogen (secondary N) is 1. The van der Waals surface area contributed by atoms with Crippen LogP contribution in [0.15, 0.2) is 24.3 Å². The number of rotatable bonds is 5. The number of aromatic nitrogens is 3. The summed E-state index contributed by atoms with van der Waals surface area (Å²) in [5.74, 6) is -0.160. The lowest BCUT2D eigenvalue weighted by Gasteiger charge is -2.18. The van der Waals surface area contributed by atoms with Gasteiger partial charge in [0.25, 0.3) is 5.91 Å². The van der Waals surface area contributed by atoms with E-state index in [9.17, 15) is 9.18 Å². The Balaban J connectivity index is 1.66.